The molecule has 1 nitrogen and oxygen atoms in total. The lowest BCUT2D eigenvalue weighted by atomic mass is 9.72. The molecule has 0 bridgehead atoms. The van der Waals surface area contributed by atoms with Crippen LogP contribution in [-0.4, -0.2) is 0 Å². The van der Waals surface area contributed by atoms with E-state index in [-0.39, 0.29) is 5.41 Å². The van der Waals surface area contributed by atoms with Gasteiger partial charge in [0.1, 0.15) is 0 Å². The van der Waals surface area contributed by atoms with Crippen LogP contribution in [0.1, 0.15) is 46.5 Å². The van der Waals surface area contributed by atoms with Crippen molar-refractivity contribution in [3.63, 3.8) is 0 Å². The summed E-state index contributed by atoms with van der Waals surface area (Å²) >= 11 is 0. The van der Waals surface area contributed by atoms with Crippen molar-refractivity contribution in [2.75, 3.05) is 0 Å². The SMILES string of the molecule is C=C(/C=C/C1=C(C)CCCC1(C)C)C/C=C/C#N. The van der Waals surface area contributed by atoms with Crippen LogP contribution in [-0.2, 0) is 0 Å². The highest BCUT2D eigenvalue weighted by Gasteiger charge is 2.26. The minimum Gasteiger partial charge on any atom is -0.193 e. The van der Waals surface area contributed by atoms with Crippen LogP contribution in [0.25, 0.3) is 0 Å². The van der Waals surface area contributed by atoms with E-state index in [0.29, 0.717) is 0 Å². The van der Waals surface area contributed by atoms with Gasteiger partial charge in [0.2, 0.25) is 0 Å². The van der Waals surface area contributed by atoms with Crippen LogP contribution in [0.2, 0.25) is 0 Å². The lowest BCUT2D eigenvalue weighted by Gasteiger charge is -2.33. The van der Waals surface area contributed by atoms with Gasteiger partial charge in [0.25, 0.3) is 0 Å². The fraction of sp³-hybridized carbons (Fsp3) is 0.471. The Morgan fingerprint density at radius 3 is 2.83 bits per heavy atom. The van der Waals surface area contributed by atoms with Gasteiger partial charge in [0, 0.05) is 6.08 Å². The molecule has 0 aliphatic heterocycles. The second kappa shape index (κ2) is 6.40. The standard InChI is InChI=1S/C17H23N/c1-14(8-5-6-13-18)10-11-16-15(2)9-7-12-17(16,3)4/h5-6,10-11H,1,7-9,12H2,2-4H3/b6-5+,11-10+. The Morgan fingerprint density at radius 2 is 2.22 bits per heavy atom. The van der Waals surface area contributed by atoms with Crippen molar-refractivity contribution >= 4 is 0 Å². The van der Waals surface area contributed by atoms with E-state index < -0.39 is 0 Å². The molecule has 0 unspecified atom stereocenters. The van der Waals surface area contributed by atoms with Crippen LogP contribution >= 0.6 is 0 Å². The van der Waals surface area contributed by atoms with Crippen molar-refractivity contribution in [1.82, 2.24) is 0 Å². The van der Waals surface area contributed by atoms with E-state index in [1.807, 2.05) is 12.1 Å². The molecule has 0 spiro atoms. The highest BCUT2D eigenvalue weighted by atomic mass is 14.3. The van der Waals surface area contributed by atoms with Crippen LogP contribution < -0.4 is 0 Å². The molecule has 0 aromatic heterocycles. The van der Waals surface area contributed by atoms with Gasteiger partial charge in [-0.2, -0.15) is 5.26 Å². The molecule has 1 rings (SSSR count). The Balaban J connectivity index is 2.74. The zero-order valence-corrected chi connectivity index (χ0v) is 11.8. The third-order valence-corrected chi connectivity index (χ3v) is 3.60. The molecule has 0 saturated heterocycles. The second-order valence-corrected chi connectivity index (χ2v) is 5.66. The smallest absolute Gasteiger partial charge is 0.0908 e. The number of hydrogen-bond acceptors (Lipinski definition) is 1. The van der Waals surface area contributed by atoms with Gasteiger partial charge in [-0.1, -0.05) is 49.8 Å². The van der Waals surface area contributed by atoms with Gasteiger partial charge in [0.15, 0.2) is 0 Å². The van der Waals surface area contributed by atoms with E-state index in [0.717, 1.165) is 12.0 Å². The number of nitriles is 1. The topological polar surface area (TPSA) is 23.8 Å². The molecule has 18 heavy (non-hydrogen) atoms. The molecule has 0 saturated carbocycles. The maximum atomic E-state index is 8.42. The number of rotatable bonds is 4. The minimum atomic E-state index is 0.279. The summed E-state index contributed by atoms with van der Waals surface area (Å²) in [4.78, 5) is 0. The molecule has 1 aliphatic rings. The van der Waals surface area contributed by atoms with E-state index in [4.69, 9.17) is 5.26 Å². The van der Waals surface area contributed by atoms with Gasteiger partial charge in [-0.3, -0.25) is 0 Å². The van der Waals surface area contributed by atoms with Crippen molar-refractivity contribution < 1.29 is 0 Å². The Hall–Kier alpha value is -1.55. The summed E-state index contributed by atoms with van der Waals surface area (Å²) in [5.74, 6) is 0. The second-order valence-electron chi connectivity index (χ2n) is 5.66. The highest BCUT2D eigenvalue weighted by Crippen LogP contribution is 2.40. The maximum absolute atomic E-state index is 8.42. The first-order chi connectivity index (χ1) is 8.47. The van der Waals surface area contributed by atoms with Crippen molar-refractivity contribution in [1.29, 1.82) is 5.26 Å². The molecule has 0 aromatic carbocycles. The van der Waals surface area contributed by atoms with E-state index in [1.54, 1.807) is 0 Å². The monoisotopic (exact) mass is 241 g/mol. The number of hydrogen-bond donors (Lipinski definition) is 0. The predicted molar refractivity (Wildman–Crippen MR) is 78.0 cm³/mol. The summed E-state index contributed by atoms with van der Waals surface area (Å²) in [6, 6.07) is 1.99. The van der Waals surface area contributed by atoms with Gasteiger partial charge in [-0.15, -0.1) is 0 Å². The summed E-state index contributed by atoms with van der Waals surface area (Å²) < 4.78 is 0. The maximum Gasteiger partial charge on any atom is 0.0908 e. The first kappa shape index (κ1) is 14.5. The predicted octanol–water partition coefficient (Wildman–Crippen LogP) is 5.10. The Bertz CT molecular complexity index is 439. The van der Waals surface area contributed by atoms with Gasteiger partial charge in [-0.25, -0.2) is 0 Å². The van der Waals surface area contributed by atoms with E-state index in [2.05, 4.69) is 39.5 Å². The Kier molecular flexibility index (Phi) is 5.16. The molecule has 0 aromatic rings. The molecular formula is C17H23N. The average molecular weight is 241 g/mol. The van der Waals surface area contributed by atoms with Crippen LogP contribution in [0.3, 0.4) is 0 Å². The van der Waals surface area contributed by atoms with Gasteiger partial charge in [0.05, 0.1) is 6.07 Å². The Morgan fingerprint density at radius 1 is 1.50 bits per heavy atom. The molecule has 0 amide bonds. The molecule has 96 valence electrons. The molecule has 0 N–H and O–H groups in total. The van der Waals surface area contributed by atoms with Gasteiger partial charge in [-0.05, 0) is 43.6 Å². The molecular weight excluding hydrogens is 218 g/mol. The normalized spacial score (nSPS) is 19.4. The van der Waals surface area contributed by atoms with Crippen LogP contribution in [0.4, 0.5) is 0 Å². The highest BCUT2D eigenvalue weighted by molar-refractivity contribution is 5.36. The number of nitrogens with zero attached hydrogens (tertiary/aromatic N) is 1. The first-order valence-electron chi connectivity index (χ1n) is 6.58. The largest absolute Gasteiger partial charge is 0.193 e. The summed E-state index contributed by atoms with van der Waals surface area (Å²) in [6.45, 7) is 10.9. The summed E-state index contributed by atoms with van der Waals surface area (Å²) in [5.41, 5.74) is 4.28. The van der Waals surface area contributed by atoms with Crippen molar-refractivity contribution in [2.24, 2.45) is 5.41 Å². The van der Waals surface area contributed by atoms with E-state index in [1.165, 1.54) is 36.5 Å². The molecule has 0 fully saturated rings. The third-order valence-electron chi connectivity index (χ3n) is 3.60. The lowest BCUT2D eigenvalue weighted by Crippen LogP contribution is -2.19. The summed E-state index contributed by atoms with van der Waals surface area (Å²) in [6.07, 6.45) is 12.2. The van der Waals surface area contributed by atoms with Crippen LogP contribution in [0.15, 0.2) is 47.6 Å². The fourth-order valence-electron chi connectivity index (χ4n) is 2.54. The molecule has 1 heteroatoms. The number of allylic oxidation sites excluding steroid dienone is 7. The van der Waals surface area contributed by atoms with E-state index >= 15 is 0 Å². The average Bonchev–Trinajstić information content (AvgIpc) is 2.28. The zero-order chi connectivity index (χ0) is 13.6. The van der Waals surface area contributed by atoms with Crippen molar-refractivity contribution in [3.05, 3.63) is 47.6 Å². The Labute approximate surface area is 111 Å². The van der Waals surface area contributed by atoms with E-state index in [9.17, 15) is 0 Å². The summed E-state index contributed by atoms with van der Waals surface area (Å²) in [7, 11) is 0. The summed E-state index contributed by atoms with van der Waals surface area (Å²) in [5, 5.41) is 8.42. The van der Waals surface area contributed by atoms with Crippen LogP contribution in [0.5, 0.6) is 0 Å². The van der Waals surface area contributed by atoms with Crippen LogP contribution in [0, 0.1) is 16.7 Å². The quantitative estimate of drug-likeness (QED) is 0.496. The molecule has 1 aliphatic carbocycles. The molecule has 0 radical (unpaired) electrons. The fourth-order valence-corrected chi connectivity index (χ4v) is 2.54. The molecule has 0 atom stereocenters. The molecule has 0 heterocycles. The van der Waals surface area contributed by atoms with Gasteiger partial charge < -0.3 is 0 Å². The van der Waals surface area contributed by atoms with Crippen molar-refractivity contribution in [3.8, 4) is 6.07 Å². The zero-order valence-electron chi connectivity index (χ0n) is 11.8. The van der Waals surface area contributed by atoms with Crippen molar-refractivity contribution in [2.45, 2.75) is 46.5 Å². The minimum absolute atomic E-state index is 0.279. The van der Waals surface area contributed by atoms with Gasteiger partial charge >= 0.3 is 0 Å². The first-order valence-corrected chi connectivity index (χ1v) is 6.58. The third kappa shape index (κ3) is 4.04. The lowest BCUT2D eigenvalue weighted by molar-refractivity contribution is 0.377.